The lowest BCUT2D eigenvalue weighted by Crippen LogP contribution is -1.95. The lowest BCUT2D eigenvalue weighted by atomic mass is 10.1. The zero-order valence-corrected chi connectivity index (χ0v) is 6.74. The first-order valence-electron chi connectivity index (χ1n) is 3.83. The van der Waals surface area contributed by atoms with E-state index in [0.29, 0.717) is 5.39 Å². The number of benzene rings is 1. The molecule has 2 heteroatoms. The summed E-state index contributed by atoms with van der Waals surface area (Å²) >= 11 is 0. The first kappa shape index (κ1) is 7.63. The normalized spacial score (nSPS) is 9.54. The molecule has 0 aliphatic carbocycles. The number of aromatic carboxylic acids is 1. The summed E-state index contributed by atoms with van der Waals surface area (Å²) in [6, 6.07) is 14.2. The maximum Gasteiger partial charge on any atom is 0.336 e. The average Bonchev–Trinajstić information content (AvgIpc) is 2.17. The number of carbonyl (C=O) groups is 1. The highest BCUT2D eigenvalue weighted by Gasteiger charge is 2.05. The van der Waals surface area contributed by atoms with Crippen LogP contribution in [0.15, 0.2) is 30.3 Å². The molecule has 0 saturated carbocycles. The van der Waals surface area contributed by atoms with Gasteiger partial charge in [0.2, 0.25) is 0 Å². The number of fused-ring (bicyclic) bond motifs is 1. The Bertz CT molecular complexity index is 455. The van der Waals surface area contributed by atoms with E-state index in [-0.39, 0.29) is 5.56 Å². The van der Waals surface area contributed by atoms with Crippen molar-refractivity contribution >= 4 is 16.7 Å². The van der Waals surface area contributed by atoms with Gasteiger partial charge in [0.05, 0.1) is 5.56 Å². The number of hydrogen-bond donors (Lipinski definition) is 1. The second kappa shape index (κ2) is 2.80. The minimum Gasteiger partial charge on any atom is -0.478 e. The molecule has 0 saturated heterocycles. The van der Waals surface area contributed by atoms with E-state index >= 15 is 0 Å². The molecule has 0 unspecified atom stereocenters. The van der Waals surface area contributed by atoms with Crippen LogP contribution in [0.1, 0.15) is 10.4 Å². The van der Waals surface area contributed by atoms with Gasteiger partial charge in [0, 0.05) is 16.8 Å². The second-order valence-electron chi connectivity index (χ2n) is 2.68. The lowest BCUT2D eigenvalue weighted by Gasteiger charge is -1.96. The van der Waals surface area contributed by atoms with Crippen molar-refractivity contribution < 1.29 is 9.90 Å². The molecular formula is C11H6O2. The average molecular weight is 170 g/mol. The Morgan fingerprint density at radius 1 is 1.31 bits per heavy atom. The van der Waals surface area contributed by atoms with E-state index in [1.807, 2.05) is 18.2 Å². The summed E-state index contributed by atoms with van der Waals surface area (Å²) in [5.41, 5.74) is 0.273. The SMILES string of the molecule is O=C(O)c1cc#cc2ccccc12. The fourth-order valence-corrected chi connectivity index (χ4v) is 1.27. The summed E-state index contributed by atoms with van der Waals surface area (Å²) in [5, 5.41) is 10.3. The van der Waals surface area contributed by atoms with Crippen LogP contribution in [0.4, 0.5) is 0 Å². The summed E-state index contributed by atoms with van der Waals surface area (Å²) in [6.07, 6.45) is 0. The highest BCUT2D eigenvalue weighted by Crippen LogP contribution is 2.15. The Labute approximate surface area is 75.4 Å². The predicted molar refractivity (Wildman–Crippen MR) is 48.6 cm³/mol. The lowest BCUT2D eigenvalue weighted by molar-refractivity contribution is 0.0699. The van der Waals surface area contributed by atoms with Crippen LogP contribution in [0.2, 0.25) is 0 Å². The van der Waals surface area contributed by atoms with Crippen LogP contribution in [-0.4, -0.2) is 11.1 Å². The molecule has 13 heavy (non-hydrogen) atoms. The molecule has 62 valence electrons. The number of rotatable bonds is 1. The van der Waals surface area contributed by atoms with Crippen LogP contribution in [0.25, 0.3) is 10.8 Å². The van der Waals surface area contributed by atoms with Crippen molar-refractivity contribution in [2.75, 3.05) is 0 Å². The molecule has 0 spiro atoms. The molecule has 0 aliphatic heterocycles. The third-order valence-corrected chi connectivity index (χ3v) is 1.87. The van der Waals surface area contributed by atoms with Gasteiger partial charge in [0.15, 0.2) is 0 Å². The summed E-state index contributed by atoms with van der Waals surface area (Å²) in [7, 11) is 0. The summed E-state index contributed by atoms with van der Waals surface area (Å²) in [6.45, 7) is 0. The van der Waals surface area contributed by atoms with Crippen molar-refractivity contribution in [1.82, 2.24) is 0 Å². The molecule has 2 nitrogen and oxygen atoms in total. The second-order valence-corrected chi connectivity index (χ2v) is 2.68. The first-order valence-corrected chi connectivity index (χ1v) is 3.83. The smallest absolute Gasteiger partial charge is 0.336 e. The summed E-state index contributed by atoms with van der Waals surface area (Å²) in [4.78, 5) is 10.8. The Morgan fingerprint density at radius 3 is 2.85 bits per heavy atom. The van der Waals surface area contributed by atoms with E-state index in [1.165, 1.54) is 6.07 Å². The van der Waals surface area contributed by atoms with E-state index in [2.05, 4.69) is 12.1 Å². The number of carboxylic acid groups (broad SMARTS) is 1. The molecule has 2 aromatic rings. The van der Waals surface area contributed by atoms with Crippen molar-refractivity contribution in [2.45, 2.75) is 0 Å². The van der Waals surface area contributed by atoms with Crippen molar-refractivity contribution in [2.24, 2.45) is 0 Å². The number of hydrogen-bond acceptors (Lipinski definition) is 1. The van der Waals surface area contributed by atoms with Crippen LogP contribution < -0.4 is 0 Å². The third kappa shape index (κ3) is 1.21. The molecule has 2 rings (SSSR count). The van der Waals surface area contributed by atoms with E-state index < -0.39 is 5.97 Å². The van der Waals surface area contributed by atoms with E-state index in [9.17, 15) is 4.79 Å². The molecular weight excluding hydrogens is 164 g/mol. The Morgan fingerprint density at radius 2 is 2.08 bits per heavy atom. The van der Waals surface area contributed by atoms with Gasteiger partial charge in [-0.15, -0.1) is 0 Å². The van der Waals surface area contributed by atoms with Gasteiger partial charge in [0.25, 0.3) is 0 Å². The molecule has 2 aromatic carbocycles. The van der Waals surface area contributed by atoms with Crippen LogP contribution in [0.3, 0.4) is 0 Å². The van der Waals surface area contributed by atoms with Gasteiger partial charge in [-0.05, 0) is 6.07 Å². The Kier molecular flexibility index (Phi) is 1.64. The van der Waals surface area contributed by atoms with Crippen LogP contribution in [0, 0.1) is 12.1 Å². The standard InChI is InChI=1S/C11H6O2/c12-11(13)10-7-3-5-8-4-1-2-6-9(8)10/h1-2,4,6-7H,(H,12,13). The minimum absolute atomic E-state index is 0.273. The molecule has 0 bridgehead atoms. The third-order valence-electron chi connectivity index (χ3n) is 1.87. The van der Waals surface area contributed by atoms with Crippen LogP contribution in [0.5, 0.6) is 0 Å². The van der Waals surface area contributed by atoms with E-state index in [1.54, 1.807) is 6.07 Å². The zero-order valence-electron chi connectivity index (χ0n) is 6.74. The molecule has 0 fully saturated rings. The van der Waals surface area contributed by atoms with Crippen molar-refractivity contribution in [3.8, 4) is 0 Å². The summed E-state index contributed by atoms with van der Waals surface area (Å²) in [5.74, 6) is -0.929. The quantitative estimate of drug-likeness (QED) is 0.711. The predicted octanol–water partition coefficient (Wildman–Crippen LogP) is 2.14. The fourth-order valence-electron chi connectivity index (χ4n) is 1.27. The van der Waals surface area contributed by atoms with Gasteiger partial charge >= 0.3 is 5.97 Å². The number of carboxylic acids is 1. The molecule has 0 amide bonds. The minimum atomic E-state index is -0.929. The van der Waals surface area contributed by atoms with Crippen molar-refractivity contribution in [3.05, 3.63) is 48.0 Å². The van der Waals surface area contributed by atoms with Crippen LogP contribution >= 0.6 is 0 Å². The van der Waals surface area contributed by atoms with E-state index in [4.69, 9.17) is 5.11 Å². The maximum absolute atomic E-state index is 10.8. The van der Waals surface area contributed by atoms with Gasteiger partial charge in [0.1, 0.15) is 0 Å². The largest absolute Gasteiger partial charge is 0.478 e. The fraction of sp³-hybridized carbons (Fsp3) is 0. The molecule has 0 radical (unpaired) electrons. The molecule has 0 heterocycles. The monoisotopic (exact) mass is 170 g/mol. The molecule has 0 atom stereocenters. The van der Waals surface area contributed by atoms with Gasteiger partial charge < -0.3 is 5.11 Å². The van der Waals surface area contributed by atoms with Crippen molar-refractivity contribution in [3.63, 3.8) is 0 Å². The topological polar surface area (TPSA) is 37.3 Å². The molecule has 0 aromatic heterocycles. The zero-order chi connectivity index (χ0) is 9.26. The van der Waals surface area contributed by atoms with Crippen molar-refractivity contribution in [1.29, 1.82) is 0 Å². The van der Waals surface area contributed by atoms with Gasteiger partial charge in [-0.25, -0.2) is 4.79 Å². The van der Waals surface area contributed by atoms with E-state index in [0.717, 1.165) is 5.39 Å². The molecule has 0 aliphatic rings. The van der Waals surface area contributed by atoms with Gasteiger partial charge in [-0.3, -0.25) is 0 Å². The summed E-state index contributed by atoms with van der Waals surface area (Å²) < 4.78 is 0. The Hall–Kier alpha value is -2.01. The first-order chi connectivity index (χ1) is 6.29. The molecule has 1 N–H and O–H groups in total. The van der Waals surface area contributed by atoms with Crippen LogP contribution in [-0.2, 0) is 0 Å². The van der Waals surface area contributed by atoms with Gasteiger partial charge in [-0.1, -0.05) is 30.3 Å². The highest BCUT2D eigenvalue weighted by molar-refractivity contribution is 6.02. The highest BCUT2D eigenvalue weighted by atomic mass is 16.4. The Balaban J connectivity index is 2.83. The van der Waals surface area contributed by atoms with Gasteiger partial charge in [-0.2, -0.15) is 0 Å². The maximum atomic E-state index is 10.8.